The standard InChI is InChI=1S/C28H31N3O4/c1-20(26-29-25-12-7-6-11-24(25)28(33)31(26)16-18-35-3)30(15-8-17-34-2)27(32)23-14-13-21-9-4-5-10-22(21)19-23/h4-7,9-14,19-20H,8,15-18H2,1-3H3. The first-order valence-electron chi connectivity index (χ1n) is 11.8. The number of aromatic nitrogens is 2. The summed E-state index contributed by atoms with van der Waals surface area (Å²) in [6.07, 6.45) is 0.663. The van der Waals surface area contributed by atoms with Crippen LogP contribution in [0.15, 0.2) is 71.5 Å². The van der Waals surface area contributed by atoms with Gasteiger partial charge in [0.05, 0.1) is 30.1 Å². The number of carbonyl (C=O) groups is 1. The number of hydrogen-bond acceptors (Lipinski definition) is 5. The van der Waals surface area contributed by atoms with Gasteiger partial charge in [-0.15, -0.1) is 0 Å². The van der Waals surface area contributed by atoms with Gasteiger partial charge in [-0.3, -0.25) is 14.2 Å². The number of fused-ring (bicyclic) bond motifs is 2. The first-order chi connectivity index (χ1) is 17.0. The third-order valence-electron chi connectivity index (χ3n) is 6.26. The lowest BCUT2D eigenvalue weighted by atomic mass is 10.1. The summed E-state index contributed by atoms with van der Waals surface area (Å²) in [5.74, 6) is 0.428. The van der Waals surface area contributed by atoms with Crippen LogP contribution in [0.4, 0.5) is 0 Å². The largest absolute Gasteiger partial charge is 0.385 e. The number of benzene rings is 3. The van der Waals surface area contributed by atoms with E-state index in [0.717, 1.165) is 10.8 Å². The number of hydrogen-bond donors (Lipinski definition) is 0. The van der Waals surface area contributed by atoms with Crippen molar-refractivity contribution in [1.82, 2.24) is 14.5 Å². The smallest absolute Gasteiger partial charge is 0.261 e. The van der Waals surface area contributed by atoms with Crippen molar-refractivity contribution in [3.05, 3.63) is 88.5 Å². The fraction of sp³-hybridized carbons (Fsp3) is 0.321. The maximum Gasteiger partial charge on any atom is 0.261 e. The highest BCUT2D eigenvalue weighted by Gasteiger charge is 2.27. The van der Waals surface area contributed by atoms with E-state index in [1.165, 1.54) is 0 Å². The minimum atomic E-state index is -0.444. The lowest BCUT2D eigenvalue weighted by Crippen LogP contribution is -2.39. The van der Waals surface area contributed by atoms with E-state index in [1.807, 2.05) is 67.6 Å². The SMILES string of the molecule is COCCCN(C(=O)c1ccc2ccccc2c1)C(C)c1nc2ccccc2c(=O)n1CCOC. The molecule has 4 rings (SSSR count). The summed E-state index contributed by atoms with van der Waals surface area (Å²) in [6.45, 7) is 3.62. The van der Waals surface area contributed by atoms with Crippen LogP contribution < -0.4 is 5.56 Å². The number of carbonyl (C=O) groups excluding carboxylic acids is 1. The highest BCUT2D eigenvalue weighted by molar-refractivity contribution is 5.98. The van der Waals surface area contributed by atoms with Crippen LogP contribution in [0.5, 0.6) is 0 Å². The van der Waals surface area contributed by atoms with Crippen molar-refractivity contribution >= 4 is 27.6 Å². The lowest BCUT2D eigenvalue weighted by molar-refractivity contribution is 0.0653. The van der Waals surface area contributed by atoms with Crippen molar-refractivity contribution in [2.24, 2.45) is 0 Å². The second-order valence-corrected chi connectivity index (χ2v) is 8.52. The average molecular weight is 474 g/mol. The van der Waals surface area contributed by atoms with E-state index < -0.39 is 6.04 Å². The number of nitrogens with zero attached hydrogens (tertiary/aromatic N) is 3. The van der Waals surface area contributed by atoms with Crippen molar-refractivity contribution in [2.45, 2.75) is 25.9 Å². The van der Waals surface area contributed by atoms with Crippen LogP contribution in [0.1, 0.15) is 35.6 Å². The van der Waals surface area contributed by atoms with Gasteiger partial charge in [0.15, 0.2) is 0 Å². The molecule has 0 spiro atoms. The Morgan fingerprint density at radius 1 is 0.971 bits per heavy atom. The van der Waals surface area contributed by atoms with Crippen molar-refractivity contribution in [2.75, 3.05) is 34.0 Å². The highest BCUT2D eigenvalue weighted by atomic mass is 16.5. The monoisotopic (exact) mass is 473 g/mol. The predicted molar refractivity (Wildman–Crippen MR) is 138 cm³/mol. The van der Waals surface area contributed by atoms with Crippen molar-refractivity contribution in [3.8, 4) is 0 Å². The first-order valence-corrected chi connectivity index (χ1v) is 11.8. The normalized spacial score (nSPS) is 12.2. The van der Waals surface area contributed by atoms with Crippen LogP contribution in [0, 0.1) is 0 Å². The Labute approximate surface area is 204 Å². The van der Waals surface area contributed by atoms with E-state index in [4.69, 9.17) is 14.5 Å². The lowest BCUT2D eigenvalue weighted by Gasteiger charge is -2.31. The van der Waals surface area contributed by atoms with Gasteiger partial charge in [0.25, 0.3) is 11.5 Å². The Kier molecular flexibility index (Phi) is 7.90. The number of amides is 1. The molecule has 7 heteroatoms. The van der Waals surface area contributed by atoms with Crippen LogP contribution in [0.25, 0.3) is 21.7 Å². The third kappa shape index (κ3) is 5.26. The van der Waals surface area contributed by atoms with Crippen molar-refractivity contribution < 1.29 is 14.3 Å². The zero-order valence-corrected chi connectivity index (χ0v) is 20.4. The highest BCUT2D eigenvalue weighted by Crippen LogP contribution is 2.24. The summed E-state index contributed by atoms with van der Waals surface area (Å²) >= 11 is 0. The maximum absolute atomic E-state index is 13.8. The molecule has 0 bridgehead atoms. The Bertz CT molecular complexity index is 1380. The van der Waals surface area contributed by atoms with Gasteiger partial charge in [-0.1, -0.05) is 42.5 Å². The molecule has 0 saturated carbocycles. The summed E-state index contributed by atoms with van der Waals surface area (Å²) in [4.78, 5) is 33.8. The second-order valence-electron chi connectivity index (χ2n) is 8.52. The molecule has 7 nitrogen and oxygen atoms in total. The number of para-hydroxylation sites is 1. The quantitative estimate of drug-likeness (QED) is 0.319. The molecular weight excluding hydrogens is 442 g/mol. The Balaban J connectivity index is 1.78. The van der Waals surface area contributed by atoms with E-state index in [0.29, 0.717) is 55.0 Å². The molecule has 1 heterocycles. The van der Waals surface area contributed by atoms with Crippen LogP contribution in [-0.4, -0.2) is 54.3 Å². The fourth-order valence-electron chi connectivity index (χ4n) is 4.38. The molecule has 0 saturated heterocycles. The van der Waals surface area contributed by atoms with Gasteiger partial charge in [0.1, 0.15) is 5.82 Å². The minimum Gasteiger partial charge on any atom is -0.385 e. The molecular formula is C28H31N3O4. The Morgan fingerprint density at radius 3 is 2.46 bits per heavy atom. The van der Waals surface area contributed by atoms with Gasteiger partial charge in [-0.25, -0.2) is 4.98 Å². The van der Waals surface area contributed by atoms with Gasteiger partial charge in [-0.2, -0.15) is 0 Å². The zero-order valence-electron chi connectivity index (χ0n) is 20.4. The van der Waals surface area contributed by atoms with Crippen LogP contribution in [-0.2, 0) is 16.0 Å². The van der Waals surface area contributed by atoms with E-state index in [1.54, 1.807) is 29.8 Å². The van der Waals surface area contributed by atoms with Gasteiger partial charge in [0.2, 0.25) is 0 Å². The zero-order chi connectivity index (χ0) is 24.8. The molecule has 4 aromatic rings. The van der Waals surface area contributed by atoms with Gasteiger partial charge in [-0.05, 0) is 48.4 Å². The molecule has 0 aliphatic rings. The van der Waals surface area contributed by atoms with Gasteiger partial charge < -0.3 is 14.4 Å². The molecule has 0 aliphatic carbocycles. The van der Waals surface area contributed by atoms with E-state index >= 15 is 0 Å². The topological polar surface area (TPSA) is 73.7 Å². The summed E-state index contributed by atoms with van der Waals surface area (Å²) in [5, 5.41) is 2.63. The number of rotatable bonds is 10. The van der Waals surface area contributed by atoms with Crippen molar-refractivity contribution in [3.63, 3.8) is 0 Å². The van der Waals surface area contributed by atoms with Crippen molar-refractivity contribution in [1.29, 1.82) is 0 Å². The predicted octanol–water partition coefficient (Wildman–Crippen LogP) is 4.44. The molecule has 0 N–H and O–H groups in total. The van der Waals surface area contributed by atoms with E-state index in [-0.39, 0.29) is 11.5 Å². The molecule has 0 radical (unpaired) electrons. The fourth-order valence-corrected chi connectivity index (χ4v) is 4.38. The molecule has 3 aromatic carbocycles. The molecule has 35 heavy (non-hydrogen) atoms. The molecule has 1 amide bonds. The van der Waals surface area contributed by atoms with Crippen LogP contribution in [0.3, 0.4) is 0 Å². The number of ether oxygens (including phenoxy) is 2. The van der Waals surface area contributed by atoms with Crippen LogP contribution in [0.2, 0.25) is 0 Å². The Hall–Kier alpha value is -3.55. The summed E-state index contributed by atoms with van der Waals surface area (Å²) < 4.78 is 12.1. The van der Waals surface area contributed by atoms with E-state index in [9.17, 15) is 9.59 Å². The van der Waals surface area contributed by atoms with Gasteiger partial charge >= 0.3 is 0 Å². The minimum absolute atomic E-state index is 0.111. The molecule has 182 valence electrons. The molecule has 1 atom stereocenters. The molecule has 1 unspecified atom stereocenters. The van der Waals surface area contributed by atoms with E-state index in [2.05, 4.69) is 0 Å². The summed E-state index contributed by atoms with van der Waals surface area (Å²) in [5.41, 5.74) is 1.08. The maximum atomic E-state index is 13.8. The third-order valence-corrected chi connectivity index (χ3v) is 6.26. The molecule has 0 fully saturated rings. The molecule has 0 aliphatic heterocycles. The number of methoxy groups -OCH3 is 2. The average Bonchev–Trinajstić information content (AvgIpc) is 2.89. The first kappa shape index (κ1) is 24.6. The summed E-state index contributed by atoms with van der Waals surface area (Å²) in [7, 11) is 3.25. The molecule has 1 aromatic heterocycles. The van der Waals surface area contributed by atoms with Gasteiger partial charge in [0, 0.05) is 32.9 Å². The van der Waals surface area contributed by atoms with Crippen LogP contribution >= 0.6 is 0 Å². The summed E-state index contributed by atoms with van der Waals surface area (Å²) in [6, 6.07) is 20.5. The Morgan fingerprint density at radius 2 is 1.69 bits per heavy atom. The second kappa shape index (κ2) is 11.3.